The van der Waals surface area contributed by atoms with Crippen LogP contribution in [0.4, 0.5) is 5.69 Å². The van der Waals surface area contributed by atoms with Crippen LogP contribution in [0.5, 0.6) is 0 Å². The molecule has 1 aromatic heterocycles. The van der Waals surface area contributed by atoms with E-state index in [4.69, 9.17) is 0 Å². The fraction of sp³-hybridized carbons (Fsp3) is 0.154. The smallest absolute Gasteiger partial charge is 0.224 e. The van der Waals surface area contributed by atoms with E-state index in [2.05, 4.69) is 37.2 Å². The van der Waals surface area contributed by atoms with Crippen molar-refractivity contribution < 1.29 is 4.79 Å². The Morgan fingerprint density at radius 1 is 1.28 bits per heavy atom. The summed E-state index contributed by atoms with van der Waals surface area (Å²) in [4.78, 5) is 13.1. The average Bonchev–Trinajstić information content (AvgIpc) is 2.84. The minimum absolute atomic E-state index is 0.0298. The van der Waals surface area contributed by atoms with E-state index in [9.17, 15) is 4.79 Å². The highest BCUT2D eigenvalue weighted by Crippen LogP contribution is 2.26. The maximum absolute atomic E-state index is 11.8. The number of hydrogen-bond donors (Lipinski definition) is 1. The molecule has 94 valence electrons. The highest BCUT2D eigenvalue weighted by Gasteiger charge is 2.06. The van der Waals surface area contributed by atoms with E-state index < -0.39 is 0 Å². The van der Waals surface area contributed by atoms with Crippen LogP contribution in [0.25, 0.3) is 0 Å². The second kappa shape index (κ2) is 6.50. The second-order valence-electron chi connectivity index (χ2n) is 3.75. The Morgan fingerprint density at radius 3 is 2.83 bits per heavy atom. The first-order valence-corrected chi connectivity index (χ1v) is 7.89. The van der Waals surface area contributed by atoms with Gasteiger partial charge < -0.3 is 5.32 Å². The third kappa shape index (κ3) is 3.93. The number of carbonyl (C=O) groups is 1. The molecule has 1 N–H and O–H groups in total. The normalized spacial score (nSPS) is 10.3. The molecule has 0 aliphatic rings. The fourth-order valence-electron chi connectivity index (χ4n) is 1.50. The van der Waals surface area contributed by atoms with E-state index in [1.165, 1.54) is 4.88 Å². The Balaban J connectivity index is 1.92. The zero-order valence-electron chi connectivity index (χ0n) is 9.45. The summed E-state index contributed by atoms with van der Waals surface area (Å²) in [6.45, 7) is 0. The van der Waals surface area contributed by atoms with Gasteiger partial charge in [-0.1, -0.05) is 22.0 Å². The summed E-state index contributed by atoms with van der Waals surface area (Å²) in [5, 5.41) is 4.93. The molecule has 0 unspecified atom stereocenters. The number of carbonyl (C=O) groups excluding carboxylic acids is 1. The summed E-state index contributed by atoms with van der Waals surface area (Å²) in [5.41, 5.74) is 0.792. The van der Waals surface area contributed by atoms with Crippen molar-refractivity contribution in [1.82, 2.24) is 0 Å². The van der Waals surface area contributed by atoms with E-state index in [0.29, 0.717) is 6.42 Å². The lowest BCUT2D eigenvalue weighted by molar-refractivity contribution is -0.116. The van der Waals surface area contributed by atoms with Crippen LogP contribution in [-0.2, 0) is 11.2 Å². The van der Waals surface area contributed by atoms with Gasteiger partial charge in [-0.3, -0.25) is 4.79 Å². The largest absolute Gasteiger partial charge is 0.325 e. The summed E-state index contributed by atoms with van der Waals surface area (Å²) in [6, 6.07) is 9.76. The molecule has 0 saturated carbocycles. The first-order chi connectivity index (χ1) is 8.65. The van der Waals surface area contributed by atoms with Crippen LogP contribution in [0.1, 0.15) is 11.3 Å². The predicted molar refractivity (Wildman–Crippen MR) is 83.1 cm³/mol. The molecule has 0 spiro atoms. The van der Waals surface area contributed by atoms with Crippen molar-refractivity contribution >= 4 is 54.8 Å². The minimum Gasteiger partial charge on any atom is -0.325 e. The summed E-state index contributed by atoms with van der Waals surface area (Å²) in [7, 11) is 0. The van der Waals surface area contributed by atoms with Gasteiger partial charge in [0.15, 0.2) is 0 Å². The average molecular weight is 389 g/mol. The molecule has 2 aromatic rings. The first kappa shape index (κ1) is 13.8. The van der Waals surface area contributed by atoms with E-state index in [1.807, 2.05) is 35.7 Å². The fourth-order valence-corrected chi connectivity index (χ4v) is 2.91. The Bertz CT molecular complexity index is 540. The number of amides is 1. The lowest BCUT2D eigenvalue weighted by Crippen LogP contribution is -2.12. The van der Waals surface area contributed by atoms with E-state index in [1.54, 1.807) is 11.3 Å². The zero-order chi connectivity index (χ0) is 13.0. The van der Waals surface area contributed by atoms with Gasteiger partial charge >= 0.3 is 0 Å². The van der Waals surface area contributed by atoms with Gasteiger partial charge in [-0.15, -0.1) is 11.3 Å². The molecule has 1 aromatic carbocycles. The molecule has 1 amide bonds. The van der Waals surface area contributed by atoms with Crippen LogP contribution >= 0.6 is 43.2 Å². The summed E-state index contributed by atoms with van der Waals surface area (Å²) in [5.74, 6) is 0.0298. The van der Waals surface area contributed by atoms with Crippen LogP contribution in [0.3, 0.4) is 0 Å². The highest BCUT2D eigenvalue weighted by molar-refractivity contribution is 9.11. The van der Waals surface area contributed by atoms with Gasteiger partial charge in [0.25, 0.3) is 0 Å². The molecule has 0 aliphatic heterocycles. The molecule has 18 heavy (non-hydrogen) atoms. The van der Waals surface area contributed by atoms with Gasteiger partial charge in [0, 0.05) is 20.2 Å². The number of aryl methyl sites for hydroxylation is 1. The van der Waals surface area contributed by atoms with Crippen LogP contribution in [0.15, 0.2) is 44.7 Å². The molecule has 0 saturated heterocycles. The maximum atomic E-state index is 11.8. The third-order valence-electron chi connectivity index (χ3n) is 2.38. The minimum atomic E-state index is 0.0298. The van der Waals surface area contributed by atoms with E-state index in [0.717, 1.165) is 21.1 Å². The molecule has 0 atom stereocenters. The van der Waals surface area contributed by atoms with Gasteiger partial charge in [0.2, 0.25) is 5.91 Å². The molecule has 0 fully saturated rings. The van der Waals surface area contributed by atoms with Gasteiger partial charge in [0.05, 0.1) is 5.69 Å². The van der Waals surface area contributed by atoms with Crippen molar-refractivity contribution in [1.29, 1.82) is 0 Å². The third-order valence-corrected chi connectivity index (χ3v) is 4.50. The van der Waals surface area contributed by atoms with E-state index in [-0.39, 0.29) is 5.91 Å². The first-order valence-electron chi connectivity index (χ1n) is 5.42. The lowest BCUT2D eigenvalue weighted by Gasteiger charge is -2.07. The Morgan fingerprint density at radius 2 is 2.11 bits per heavy atom. The SMILES string of the molecule is O=C(CCc1cccs1)Nc1cc(Br)ccc1Br. The van der Waals surface area contributed by atoms with Gasteiger partial charge in [0.1, 0.15) is 0 Å². The van der Waals surface area contributed by atoms with Crippen molar-refractivity contribution in [2.75, 3.05) is 5.32 Å². The number of thiophene rings is 1. The van der Waals surface area contributed by atoms with E-state index >= 15 is 0 Å². The van der Waals surface area contributed by atoms with Crippen LogP contribution < -0.4 is 5.32 Å². The van der Waals surface area contributed by atoms with Gasteiger partial charge in [-0.2, -0.15) is 0 Å². The van der Waals surface area contributed by atoms with Crippen molar-refractivity contribution in [3.05, 3.63) is 49.5 Å². The summed E-state index contributed by atoms with van der Waals surface area (Å²) < 4.78 is 1.83. The van der Waals surface area contributed by atoms with Crippen LogP contribution in [-0.4, -0.2) is 5.91 Å². The van der Waals surface area contributed by atoms with Crippen molar-refractivity contribution in [2.45, 2.75) is 12.8 Å². The second-order valence-corrected chi connectivity index (χ2v) is 6.55. The molecule has 5 heteroatoms. The van der Waals surface area contributed by atoms with Crippen molar-refractivity contribution in [3.63, 3.8) is 0 Å². The number of nitrogens with one attached hydrogen (secondary N) is 1. The molecule has 2 nitrogen and oxygen atoms in total. The monoisotopic (exact) mass is 387 g/mol. The lowest BCUT2D eigenvalue weighted by atomic mass is 10.2. The molecule has 0 bridgehead atoms. The van der Waals surface area contributed by atoms with Crippen LogP contribution in [0.2, 0.25) is 0 Å². The summed E-state index contributed by atoms with van der Waals surface area (Å²) >= 11 is 8.48. The Labute approximate surface area is 127 Å². The van der Waals surface area contributed by atoms with Crippen molar-refractivity contribution in [2.24, 2.45) is 0 Å². The molecule has 0 radical (unpaired) electrons. The predicted octanol–water partition coefficient (Wildman–Crippen LogP) is 4.84. The molecular weight excluding hydrogens is 378 g/mol. The van der Waals surface area contributed by atoms with Gasteiger partial charge in [-0.05, 0) is 52.0 Å². The number of benzene rings is 1. The summed E-state index contributed by atoms with van der Waals surface area (Å²) in [6.07, 6.45) is 1.29. The highest BCUT2D eigenvalue weighted by atomic mass is 79.9. The Kier molecular flexibility index (Phi) is 4.97. The van der Waals surface area contributed by atoms with Gasteiger partial charge in [-0.25, -0.2) is 0 Å². The standard InChI is InChI=1S/C13H11Br2NOS/c14-9-3-5-11(15)12(8-9)16-13(17)6-4-10-2-1-7-18-10/h1-3,5,7-8H,4,6H2,(H,16,17). The number of hydrogen-bond acceptors (Lipinski definition) is 2. The quantitative estimate of drug-likeness (QED) is 0.797. The van der Waals surface area contributed by atoms with Crippen molar-refractivity contribution in [3.8, 4) is 0 Å². The zero-order valence-corrected chi connectivity index (χ0v) is 13.4. The molecule has 1 heterocycles. The molecule has 2 rings (SSSR count). The molecular formula is C13H11Br2NOS. The molecule has 0 aliphatic carbocycles. The topological polar surface area (TPSA) is 29.1 Å². The van der Waals surface area contributed by atoms with Crippen LogP contribution in [0, 0.1) is 0 Å². The number of rotatable bonds is 4. The number of anilines is 1. The maximum Gasteiger partial charge on any atom is 0.224 e. The Hall–Kier alpha value is -0.650. The number of halogens is 2.